The Hall–Kier alpha value is -1.96. The predicted octanol–water partition coefficient (Wildman–Crippen LogP) is 6.64. The molecule has 0 fully saturated rings. The minimum absolute atomic E-state index is 0.379. The first kappa shape index (κ1) is 21.1. The number of benzene rings is 2. The standard InChI is InChI=1S/C12H18O.C11H16O/c1-2-3-4-5-8-11-9-6-7-10-12(11)13;1-2-3-4-6-10-7-5-8-11(12)9-10/h6-7,9-10,13H,2-5,8H2,1H3;5,7-9,12H,2-4,6H2,1H3. The fraction of sp³-hybridized carbons (Fsp3) is 0.478. The maximum atomic E-state index is 9.47. The van der Waals surface area contributed by atoms with Crippen LogP contribution in [0, 0.1) is 0 Å². The number of phenols is 2. The van der Waals surface area contributed by atoms with E-state index in [1.165, 1.54) is 50.5 Å². The van der Waals surface area contributed by atoms with Crippen LogP contribution in [0.4, 0.5) is 0 Å². The summed E-state index contributed by atoms with van der Waals surface area (Å²) in [5, 5.41) is 18.6. The highest BCUT2D eigenvalue weighted by Gasteiger charge is 1.98. The molecular formula is C23H34O2. The van der Waals surface area contributed by atoms with Gasteiger partial charge >= 0.3 is 0 Å². The summed E-state index contributed by atoms with van der Waals surface area (Å²) in [6, 6.07) is 15.1. The lowest BCUT2D eigenvalue weighted by atomic mass is 10.1. The highest BCUT2D eigenvalue weighted by molar-refractivity contribution is 5.31. The van der Waals surface area contributed by atoms with Crippen LogP contribution in [-0.2, 0) is 12.8 Å². The van der Waals surface area contributed by atoms with Crippen molar-refractivity contribution in [2.75, 3.05) is 0 Å². The molecule has 0 aliphatic rings. The van der Waals surface area contributed by atoms with E-state index < -0.39 is 0 Å². The second-order valence-corrected chi connectivity index (χ2v) is 6.57. The van der Waals surface area contributed by atoms with Crippen LogP contribution in [0.15, 0.2) is 48.5 Å². The Bertz CT molecular complexity index is 578. The molecule has 0 aromatic heterocycles. The SMILES string of the molecule is CCCCCCc1ccccc1O.CCCCCc1cccc(O)c1. The van der Waals surface area contributed by atoms with E-state index in [0.717, 1.165) is 18.4 Å². The summed E-state index contributed by atoms with van der Waals surface area (Å²) < 4.78 is 0. The summed E-state index contributed by atoms with van der Waals surface area (Å²) in [4.78, 5) is 0. The van der Waals surface area contributed by atoms with Gasteiger partial charge in [-0.25, -0.2) is 0 Å². The Morgan fingerprint density at radius 1 is 0.680 bits per heavy atom. The molecule has 0 aliphatic carbocycles. The van der Waals surface area contributed by atoms with Gasteiger partial charge in [-0.1, -0.05) is 76.3 Å². The lowest BCUT2D eigenvalue weighted by molar-refractivity contribution is 0.466. The number of rotatable bonds is 9. The van der Waals surface area contributed by atoms with E-state index in [1.54, 1.807) is 12.1 Å². The molecule has 2 nitrogen and oxygen atoms in total. The molecule has 2 aromatic carbocycles. The van der Waals surface area contributed by atoms with Gasteiger partial charge in [0.1, 0.15) is 11.5 Å². The topological polar surface area (TPSA) is 40.5 Å². The van der Waals surface area contributed by atoms with E-state index in [0.29, 0.717) is 11.5 Å². The van der Waals surface area contributed by atoms with E-state index in [-0.39, 0.29) is 0 Å². The molecule has 2 rings (SSSR count). The average molecular weight is 343 g/mol. The molecule has 2 heteroatoms. The van der Waals surface area contributed by atoms with Crippen LogP contribution < -0.4 is 0 Å². The zero-order valence-electron chi connectivity index (χ0n) is 15.9. The molecule has 0 unspecified atom stereocenters. The van der Waals surface area contributed by atoms with Crippen molar-refractivity contribution in [2.45, 2.75) is 71.6 Å². The average Bonchev–Trinajstić information content (AvgIpc) is 2.61. The Balaban J connectivity index is 0.000000251. The first-order valence-corrected chi connectivity index (χ1v) is 9.72. The van der Waals surface area contributed by atoms with Crippen molar-refractivity contribution in [3.8, 4) is 11.5 Å². The summed E-state index contributed by atoms with van der Waals surface area (Å²) in [5.41, 5.74) is 2.32. The molecule has 0 amide bonds. The van der Waals surface area contributed by atoms with Crippen LogP contribution in [0.3, 0.4) is 0 Å². The Morgan fingerprint density at radius 2 is 1.36 bits per heavy atom. The Kier molecular flexibility index (Phi) is 11.3. The number of hydrogen-bond acceptors (Lipinski definition) is 2. The largest absolute Gasteiger partial charge is 0.508 e. The minimum atomic E-state index is 0.379. The van der Waals surface area contributed by atoms with Crippen molar-refractivity contribution in [3.05, 3.63) is 59.7 Å². The molecule has 25 heavy (non-hydrogen) atoms. The monoisotopic (exact) mass is 342 g/mol. The fourth-order valence-electron chi connectivity index (χ4n) is 2.76. The van der Waals surface area contributed by atoms with E-state index in [9.17, 15) is 5.11 Å². The van der Waals surface area contributed by atoms with Gasteiger partial charge in [0, 0.05) is 0 Å². The molecule has 2 aromatic rings. The summed E-state index contributed by atoms with van der Waals surface area (Å²) >= 11 is 0. The van der Waals surface area contributed by atoms with E-state index >= 15 is 0 Å². The second-order valence-electron chi connectivity index (χ2n) is 6.57. The quantitative estimate of drug-likeness (QED) is 0.501. The molecule has 0 aliphatic heterocycles. The summed E-state index contributed by atoms with van der Waals surface area (Å²) in [6.07, 6.45) is 10.9. The predicted molar refractivity (Wildman–Crippen MR) is 107 cm³/mol. The first-order chi connectivity index (χ1) is 12.2. The molecular weight excluding hydrogens is 308 g/mol. The molecule has 0 bridgehead atoms. The maximum absolute atomic E-state index is 9.47. The van der Waals surface area contributed by atoms with Gasteiger partial charge < -0.3 is 10.2 Å². The zero-order valence-corrected chi connectivity index (χ0v) is 15.9. The lowest BCUT2D eigenvalue weighted by Gasteiger charge is -2.03. The van der Waals surface area contributed by atoms with Crippen LogP contribution >= 0.6 is 0 Å². The Labute approximate surface area is 153 Å². The number of hydrogen-bond donors (Lipinski definition) is 2. The Morgan fingerprint density at radius 3 is 2.04 bits per heavy atom. The smallest absolute Gasteiger partial charge is 0.118 e. The molecule has 2 N–H and O–H groups in total. The molecule has 0 heterocycles. The van der Waals surface area contributed by atoms with Crippen LogP contribution in [-0.4, -0.2) is 10.2 Å². The molecule has 138 valence electrons. The zero-order chi connectivity index (χ0) is 18.3. The molecule has 0 saturated carbocycles. The van der Waals surface area contributed by atoms with Crippen molar-refractivity contribution >= 4 is 0 Å². The van der Waals surface area contributed by atoms with Gasteiger partial charge in [0.25, 0.3) is 0 Å². The third-order valence-electron chi connectivity index (χ3n) is 4.27. The molecule has 0 radical (unpaired) electrons. The number of aryl methyl sites for hydroxylation is 2. The van der Waals surface area contributed by atoms with Gasteiger partial charge in [0.15, 0.2) is 0 Å². The van der Waals surface area contributed by atoms with Crippen molar-refractivity contribution in [1.29, 1.82) is 0 Å². The number of aromatic hydroxyl groups is 2. The van der Waals surface area contributed by atoms with E-state index in [2.05, 4.69) is 19.9 Å². The van der Waals surface area contributed by atoms with Gasteiger partial charge in [0.2, 0.25) is 0 Å². The highest BCUT2D eigenvalue weighted by atomic mass is 16.3. The molecule has 0 spiro atoms. The van der Waals surface area contributed by atoms with E-state index in [1.807, 2.05) is 30.3 Å². The van der Waals surface area contributed by atoms with Crippen LogP contribution in [0.5, 0.6) is 11.5 Å². The summed E-state index contributed by atoms with van der Waals surface area (Å²) in [5.74, 6) is 0.822. The number of para-hydroxylation sites is 1. The summed E-state index contributed by atoms with van der Waals surface area (Å²) in [6.45, 7) is 4.41. The summed E-state index contributed by atoms with van der Waals surface area (Å²) in [7, 11) is 0. The van der Waals surface area contributed by atoms with Crippen molar-refractivity contribution in [2.24, 2.45) is 0 Å². The molecule has 0 saturated heterocycles. The highest BCUT2D eigenvalue weighted by Crippen LogP contribution is 2.18. The number of phenolic OH excluding ortho intramolecular Hbond substituents is 2. The van der Waals surface area contributed by atoms with Gasteiger partial charge in [-0.05, 0) is 55.0 Å². The van der Waals surface area contributed by atoms with Crippen LogP contribution in [0.2, 0.25) is 0 Å². The van der Waals surface area contributed by atoms with Gasteiger partial charge in [0.05, 0.1) is 0 Å². The van der Waals surface area contributed by atoms with E-state index in [4.69, 9.17) is 5.11 Å². The van der Waals surface area contributed by atoms with Gasteiger partial charge in [-0.2, -0.15) is 0 Å². The molecule has 0 atom stereocenters. The minimum Gasteiger partial charge on any atom is -0.508 e. The van der Waals surface area contributed by atoms with Crippen LogP contribution in [0.1, 0.15) is 69.9 Å². The van der Waals surface area contributed by atoms with Gasteiger partial charge in [-0.15, -0.1) is 0 Å². The fourth-order valence-corrected chi connectivity index (χ4v) is 2.76. The third kappa shape index (κ3) is 9.81. The number of unbranched alkanes of at least 4 members (excludes halogenated alkanes) is 5. The van der Waals surface area contributed by atoms with Crippen molar-refractivity contribution in [3.63, 3.8) is 0 Å². The lowest BCUT2D eigenvalue weighted by Crippen LogP contribution is -1.86. The van der Waals surface area contributed by atoms with Crippen molar-refractivity contribution in [1.82, 2.24) is 0 Å². The maximum Gasteiger partial charge on any atom is 0.118 e. The van der Waals surface area contributed by atoms with Crippen LogP contribution in [0.25, 0.3) is 0 Å². The normalized spacial score (nSPS) is 10.2. The first-order valence-electron chi connectivity index (χ1n) is 9.72. The third-order valence-corrected chi connectivity index (χ3v) is 4.27. The van der Waals surface area contributed by atoms with Gasteiger partial charge in [-0.3, -0.25) is 0 Å². The van der Waals surface area contributed by atoms with Crippen molar-refractivity contribution < 1.29 is 10.2 Å². The second kappa shape index (κ2) is 13.3.